The van der Waals surface area contributed by atoms with Gasteiger partial charge in [0.15, 0.2) is 12.3 Å². The van der Waals surface area contributed by atoms with Crippen LogP contribution in [0.4, 0.5) is 4.39 Å². The Kier molecular flexibility index (Phi) is 8.50. The molecule has 1 amide bonds. The zero-order valence-electron chi connectivity index (χ0n) is 18.5. The average Bonchev–Trinajstić information content (AvgIpc) is 2.57. The molecule has 11 nitrogen and oxygen atoms in total. The summed E-state index contributed by atoms with van der Waals surface area (Å²) >= 11 is 0. The fraction of sp³-hybridized carbons (Fsp3) is 0.737. The molecule has 0 radical (unpaired) electrons. The largest absolute Gasteiger partial charge is 0.462 e. The third-order valence-corrected chi connectivity index (χ3v) is 4.30. The van der Waals surface area contributed by atoms with Crippen LogP contribution < -0.4 is 5.32 Å². The van der Waals surface area contributed by atoms with E-state index in [-0.39, 0.29) is 0 Å². The molecule has 1 rings (SSSR count). The Balaban J connectivity index is 3.76. The summed E-state index contributed by atoms with van der Waals surface area (Å²) in [4.78, 5) is 58.8. The second-order valence-electron chi connectivity index (χ2n) is 7.58. The van der Waals surface area contributed by atoms with Crippen LogP contribution in [0.5, 0.6) is 0 Å². The summed E-state index contributed by atoms with van der Waals surface area (Å²) in [5.74, 6) is -6.61. The Bertz CT molecular complexity index is 739. The quantitative estimate of drug-likeness (QED) is 0.426. The molecular weight excluding hydrogens is 421 g/mol. The number of hydrogen-bond donors (Lipinski definition) is 1. The van der Waals surface area contributed by atoms with E-state index in [1.807, 2.05) is 0 Å². The van der Waals surface area contributed by atoms with Crippen molar-refractivity contribution in [1.29, 1.82) is 0 Å². The minimum absolute atomic E-state index is 0.669. The van der Waals surface area contributed by atoms with Crippen LogP contribution in [-0.4, -0.2) is 72.2 Å². The van der Waals surface area contributed by atoms with Gasteiger partial charge in [-0.3, -0.25) is 24.0 Å². The van der Waals surface area contributed by atoms with E-state index in [1.165, 1.54) is 13.8 Å². The van der Waals surface area contributed by atoms with Gasteiger partial charge in [-0.05, 0) is 13.8 Å². The Morgan fingerprint density at radius 1 is 0.968 bits per heavy atom. The highest BCUT2D eigenvalue weighted by atomic mass is 19.1. The molecule has 1 N–H and O–H groups in total. The first-order chi connectivity index (χ1) is 14.1. The van der Waals surface area contributed by atoms with E-state index in [9.17, 15) is 24.0 Å². The predicted molar refractivity (Wildman–Crippen MR) is 99.9 cm³/mol. The van der Waals surface area contributed by atoms with Crippen molar-refractivity contribution in [3.05, 3.63) is 0 Å². The Morgan fingerprint density at radius 2 is 1.55 bits per heavy atom. The lowest BCUT2D eigenvalue weighted by atomic mass is 9.82. The van der Waals surface area contributed by atoms with Crippen LogP contribution in [0.2, 0.25) is 0 Å². The van der Waals surface area contributed by atoms with E-state index in [0.717, 1.165) is 34.6 Å². The first kappa shape index (κ1) is 26.3. The lowest BCUT2D eigenvalue weighted by Gasteiger charge is -2.54. The van der Waals surface area contributed by atoms with Gasteiger partial charge in [0, 0.05) is 34.6 Å². The summed E-state index contributed by atoms with van der Waals surface area (Å²) in [5.41, 5.74) is -1.76. The molecule has 0 aromatic rings. The zero-order valence-corrected chi connectivity index (χ0v) is 18.5. The van der Waals surface area contributed by atoms with E-state index in [2.05, 4.69) is 5.32 Å². The van der Waals surface area contributed by atoms with Crippen molar-refractivity contribution in [3.8, 4) is 0 Å². The maximum Gasteiger partial charge on any atom is 0.305 e. The minimum atomic E-state index is -2.41. The molecule has 0 aromatic heterocycles. The van der Waals surface area contributed by atoms with Crippen LogP contribution in [0.25, 0.3) is 0 Å². The normalized spacial score (nSPS) is 27.9. The Hall–Kier alpha value is -2.76. The van der Waals surface area contributed by atoms with Gasteiger partial charge in [-0.1, -0.05) is 0 Å². The first-order valence-electron chi connectivity index (χ1n) is 9.41. The van der Waals surface area contributed by atoms with Gasteiger partial charge in [0.1, 0.15) is 18.2 Å². The van der Waals surface area contributed by atoms with E-state index in [1.54, 1.807) is 0 Å². The molecule has 0 aromatic carbocycles. The number of hydrogen-bond acceptors (Lipinski definition) is 10. The van der Waals surface area contributed by atoms with Crippen molar-refractivity contribution in [2.24, 2.45) is 0 Å². The minimum Gasteiger partial charge on any atom is -0.462 e. The number of halogens is 1. The van der Waals surface area contributed by atoms with Gasteiger partial charge in [-0.15, -0.1) is 0 Å². The molecule has 1 aliphatic heterocycles. The number of alkyl halides is 1. The van der Waals surface area contributed by atoms with Gasteiger partial charge in [-0.2, -0.15) is 0 Å². The van der Waals surface area contributed by atoms with Crippen LogP contribution in [0.15, 0.2) is 0 Å². The molecule has 1 saturated heterocycles. The maximum absolute atomic E-state index is 15.3. The van der Waals surface area contributed by atoms with Crippen molar-refractivity contribution < 1.29 is 52.0 Å². The van der Waals surface area contributed by atoms with E-state index in [0.29, 0.717) is 0 Å². The monoisotopic (exact) mass is 449 g/mol. The fourth-order valence-corrected chi connectivity index (χ4v) is 3.31. The molecule has 3 unspecified atom stereocenters. The van der Waals surface area contributed by atoms with Gasteiger partial charge < -0.3 is 29.0 Å². The van der Waals surface area contributed by atoms with Crippen molar-refractivity contribution in [3.63, 3.8) is 0 Å². The standard InChI is InChI=1S/C19H28FNO10/c1-9(22)21-17-15(29-12(4)25)16(20)18(6,7)31-19(17,30-13(5)26)14(28-11(3)24)8-27-10(2)23/h14-17H,8H2,1-7H3,(H,21,22)/t14-,15?,16?,17?,19-/m1/s1. The molecule has 0 bridgehead atoms. The topological polar surface area (TPSA) is 144 Å². The van der Waals surface area contributed by atoms with Gasteiger partial charge >= 0.3 is 23.9 Å². The molecule has 5 atom stereocenters. The van der Waals surface area contributed by atoms with Gasteiger partial charge in [-0.25, -0.2) is 4.39 Å². The van der Waals surface area contributed by atoms with Crippen molar-refractivity contribution in [1.82, 2.24) is 5.32 Å². The number of amides is 1. The number of carbonyl (C=O) groups excluding carboxylic acids is 5. The second kappa shape index (κ2) is 10.0. The van der Waals surface area contributed by atoms with Crippen molar-refractivity contribution in [2.45, 2.75) is 84.3 Å². The summed E-state index contributed by atoms with van der Waals surface area (Å²) in [6, 6.07) is -1.67. The fourth-order valence-electron chi connectivity index (χ4n) is 3.31. The molecule has 31 heavy (non-hydrogen) atoms. The lowest BCUT2D eigenvalue weighted by Crippen LogP contribution is -2.77. The van der Waals surface area contributed by atoms with Crippen LogP contribution >= 0.6 is 0 Å². The molecule has 1 aliphatic rings. The Morgan fingerprint density at radius 3 is 1.97 bits per heavy atom. The zero-order chi connectivity index (χ0) is 24.1. The molecule has 12 heteroatoms. The molecular formula is C19H28FNO10. The molecule has 1 fully saturated rings. The van der Waals surface area contributed by atoms with E-state index in [4.69, 9.17) is 23.7 Å². The third kappa shape index (κ3) is 6.61. The van der Waals surface area contributed by atoms with E-state index < -0.39 is 72.2 Å². The van der Waals surface area contributed by atoms with E-state index >= 15 is 4.39 Å². The molecule has 0 saturated carbocycles. The average molecular weight is 449 g/mol. The van der Waals surface area contributed by atoms with Gasteiger partial charge in [0.2, 0.25) is 12.0 Å². The second-order valence-corrected chi connectivity index (χ2v) is 7.58. The summed E-state index contributed by atoms with van der Waals surface area (Å²) in [5, 5.41) is 2.35. The van der Waals surface area contributed by atoms with Crippen LogP contribution in [0.1, 0.15) is 48.5 Å². The van der Waals surface area contributed by atoms with Crippen molar-refractivity contribution >= 4 is 29.8 Å². The van der Waals surface area contributed by atoms with Crippen molar-refractivity contribution in [2.75, 3.05) is 6.61 Å². The lowest BCUT2D eigenvalue weighted by molar-refractivity contribution is -0.365. The molecule has 0 aliphatic carbocycles. The summed E-state index contributed by atoms with van der Waals surface area (Å²) in [7, 11) is 0. The third-order valence-electron chi connectivity index (χ3n) is 4.30. The van der Waals surface area contributed by atoms with Gasteiger partial charge in [0.25, 0.3) is 5.79 Å². The van der Waals surface area contributed by atoms with Crippen LogP contribution in [-0.2, 0) is 47.7 Å². The smallest absolute Gasteiger partial charge is 0.305 e. The Labute approximate surface area is 178 Å². The number of rotatable bonds is 7. The SMILES string of the molecule is CC(=O)NC1C(OC(C)=O)C(F)C(C)(C)O[C@]1(OC(C)=O)[C@@H](COC(C)=O)OC(C)=O. The molecule has 176 valence electrons. The van der Waals surface area contributed by atoms with Gasteiger partial charge in [0.05, 0.1) is 0 Å². The van der Waals surface area contributed by atoms with Crippen LogP contribution in [0.3, 0.4) is 0 Å². The summed E-state index contributed by atoms with van der Waals surface area (Å²) in [6.45, 7) is 7.13. The van der Waals surface area contributed by atoms with Crippen LogP contribution in [0, 0.1) is 0 Å². The number of ether oxygens (including phenoxy) is 5. The predicted octanol–water partition coefficient (Wildman–Crippen LogP) is 0.324. The maximum atomic E-state index is 15.3. The first-order valence-corrected chi connectivity index (χ1v) is 9.41. The molecule has 1 heterocycles. The highest BCUT2D eigenvalue weighted by Gasteiger charge is 2.67. The summed E-state index contributed by atoms with van der Waals surface area (Å²) in [6.07, 6.45) is -5.36. The molecule has 0 spiro atoms. The summed E-state index contributed by atoms with van der Waals surface area (Å²) < 4.78 is 41.8. The number of esters is 4. The highest BCUT2D eigenvalue weighted by molar-refractivity contribution is 5.74. The highest BCUT2D eigenvalue weighted by Crippen LogP contribution is 2.43. The number of carbonyl (C=O) groups is 5. The number of nitrogens with one attached hydrogen (secondary N) is 1.